The topological polar surface area (TPSA) is 52.7 Å². The van der Waals surface area contributed by atoms with Crippen molar-refractivity contribution < 1.29 is 9.59 Å². The first-order valence-corrected chi connectivity index (χ1v) is 9.09. The minimum absolute atomic E-state index is 0.404. The van der Waals surface area contributed by atoms with Crippen molar-refractivity contribution in [2.45, 2.75) is 25.8 Å². The molecule has 1 heterocycles. The van der Waals surface area contributed by atoms with Crippen molar-refractivity contribution in [3.8, 4) is 0 Å². The molecule has 26 heavy (non-hydrogen) atoms. The van der Waals surface area contributed by atoms with Crippen LogP contribution in [0.4, 0.5) is 11.4 Å². The first-order valence-electron chi connectivity index (χ1n) is 9.09. The summed E-state index contributed by atoms with van der Waals surface area (Å²) in [6.45, 7) is 2.56. The summed E-state index contributed by atoms with van der Waals surface area (Å²) in [6, 6.07) is 17.3. The van der Waals surface area contributed by atoms with E-state index in [2.05, 4.69) is 10.2 Å². The Labute approximate surface area is 154 Å². The predicted molar refractivity (Wildman–Crippen MR) is 104 cm³/mol. The monoisotopic (exact) mass is 351 g/mol. The van der Waals surface area contributed by atoms with Gasteiger partial charge in [0.2, 0.25) is 0 Å². The lowest BCUT2D eigenvalue weighted by Crippen LogP contribution is -2.36. The number of piperidine rings is 1. The number of rotatable bonds is 4. The fourth-order valence-corrected chi connectivity index (χ4v) is 3.19. The van der Waals surface area contributed by atoms with E-state index in [1.807, 2.05) is 54.6 Å². The normalized spacial score (nSPS) is 14.0. The highest BCUT2D eigenvalue weighted by atomic mass is 16.2. The molecule has 0 saturated carbocycles. The molecule has 3 rings (SSSR count). The van der Waals surface area contributed by atoms with Gasteiger partial charge in [0.05, 0.1) is 0 Å². The number of hydrogen-bond acceptors (Lipinski definition) is 3. The first-order chi connectivity index (χ1) is 12.6. The van der Waals surface area contributed by atoms with Gasteiger partial charge in [-0.15, -0.1) is 0 Å². The van der Waals surface area contributed by atoms with Crippen molar-refractivity contribution in [2.75, 3.05) is 30.4 Å². The van der Waals surface area contributed by atoms with Gasteiger partial charge < -0.3 is 15.1 Å². The number of nitrogens with one attached hydrogen (secondary N) is 1. The summed E-state index contributed by atoms with van der Waals surface area (Å²) in [7, 11) is 1.63. The SMILES string of the molecule is CN(Cc1ccccc1)C(=O)C(=O)Nc1ccc(N2CCCCC2)cc1. The number of nitrogens with zero attached hydrogens (tertiary/aromatic N) is 2. The third-order valence-corrected chi connectivity index (χ3v) is 4.65. The summed E-state index contributed by atoms with van der Waals surface area (Å²) in [5.74, 6) is -1.16. The van der Waals surface area contributed by atoms with Gasteiger partial charge >= 0.3 is 11.8 Å². The van der Waals surface area contributed by atoms with Crippen molar-refractivity contribution in [3.63, 3.8) is 0 Å². The Hall–Kier alpha value is -2.82. The van der Waals surface area contributed by atoms with E-state index in [1.54, 1.807) is 7.05 Å². The number of likely N-dealkylation sites (N-methyl/N-ethyl adjacent to an activating group) is 1. The van der Waals surface area contributed by atoms with Crippen LogP contribution in [0.2, 0.25) is 0 Å². The number of anilines is 2. The molecule has 5 nitrogen and oxygen atoms in total. The predicted octanol–water partition coefficient (Wildman–Crippen LogP) is 3.27. The first kappa shape index (κ1) is 18.0. The van der Waals surface area contributed by atoms with Gasteiger partial charge in [0.1, 0.15) is 0 Å². The van der Waals surface area contributed by atoms with Gasteiger partial charge in [-0.1, -0.05) is 30.3 Å². The minimum Gasteiger partial charge on any atom is -0.372 e. The van der Waals surface area contributed by atoms with Crippen molar-refractivity contribution in [1.82, 2.24) is 4.90 Å². The molecule has 2 aromatic rings. The molecule has 0 radical (unpaired) electrons. The number of amides is 2. The quantitative estimate of drug-likeness (QED) is 0.860. The fraction of sp³-hybridized carbons (Fsp3) is 0.333. The molecule has 1 aliphatic rings. The molecule has 0 atom stereocenters. The number of carbonyl (C=O) groups is 2. The fourth-order valence-electron chi connectivity index (χ4n) is 3.19. The lowest BCUT2D eigenvalue weighted by atomic mass is 10.1. The van der Waals surface area contributed by atoms with E-state index in [-0.39, 0.29) is 0 Å². The Balaban J connectivity index is 1.55. The molecule has 0 unspecified atom stereocenters. The van der Waals surface area contributed by atoms with Crippen LogP contribution in [0.25, 0.3) is 0 Å². The maximum atomic E-state index is 12.3. The van der Waals surface area contributed by atoms with E-state index >= 15 is 0 Å². The number of carbonyl (C=O) groups excluding carboxylic acids is 2. The minimum atomic E-state index is -0.617. The molecule has 0 spiro atoms. The largest absolute Gasteiger partial charge is 0.372 e. The van der Waals surface area contributed by atoms with Crippen LogP contribution >= 0.6 is 0 Å². The van der Waals surface area contributed by atoms with Crippen molar-refractivity contribution in [1.29, 1.82) is 0 Å². The molecule has 1 aliphatic heterocycles. The highest BCUT2D eigenvalue weighted by Gasteiger charge is 2.19. The zero-order valence-corrected chi connectivity index (χ0v) is 15.1. The zero-order chi connectivity index (χ0) is 18.4. The Morgan fingerprint density at radius 1 is 0.962 bits per heavy atom. The van der Waals surface area contributed by atoms with Crippen LogP contribution in [-0.4, -0.2) is 36.9 Å². The summed E-state index contributed by atoms with van der Waals surface area (Å²) in [6.07, 6.45) is 3.74. The van der Waals surface area contributed by atoms with Crippen LogP contribution in [0, 0.1) is 0 Å². The summed E-state index contributed by atoms with van der Waals surface area (Å²) in [5.41, 5.74) is 2.79. The van der Waals surface area contributed by atoms with Gasteiger partial charge in [-0.2, -0.15) is 0 Å². The van der Waals surface area contributed by atoms with E-state index in [4.69, 9.17) is 0 Å². The van der Waals surface area contributed by atoms with Gasteiger partial charge in [0.15, 0.2) is 0 Å². The third-order valence-electron chi connectivity index (χ3n) is 4.65. The maximum Gasteiger partial charge on any atom is 0.313 e. The average molecular weight is 351 g/mol. The number of hydrogen-bond donors (Lipinski definition) is 1. The summed E-state index contributed by atoms with van der Waals surface area (Å²) in [4.78, 5) is 28.3. The molecule has 0 aliphatic carbocycles. The standard InChI is InChI=1S/C21H25N3O2/c1-23(16-17-8-4-2-5-9-17)21(26)20(25)22-18-10-12-19(13-11-18)24-14-6-3-7-15-24/h2,4-5,8-13H,3,6-7,14-16H2,1H3,(H,22,25). The van der Waals surface area contributed by atoms with Gasteiger partial charge in [0, 0.05) is 38.1 Å². The molecule has 5 heteroatoms. The van der Waals surface area contributed by atoms with Gasteiger partial charge in [-0.25, -0.2) is 0 Å². The van der Waals surface area contributed by atoms with Crippen LogP contribution in [0.1, 0.15) is 24.8 Å². The third kappa shape index (κ3) is 4.63. The molecule has 2 amide bonds. The van der Waals surface area contributed by atoms with Crippen molar-refractivity contribution in [2.24, 2.45) is 0 Å². The molecule has 2 aromatic carbocycles. The lowest BCUT2D eigenvalue weighted by Gasteiger charge is -2.28. The van der Waals surface area contributed by atoms with Crippen molar-refractivity contribution >= 4 is 23.2 Å². The second kappa shape index (κ2) is 8.52. The van der Waals surface area contributed by atoms with E-state index in [1.165, 1.54) is 24.2 Å². The van der Waals surface area contributed by atoms with Crippen LogP contribution in [0.15, 0.2) is 54.6 Å². The Bertz CT molecular complexity index is 738. The maximum absolute atomic E-state index is 12.3. The van der Waals surface area contributed by atoms with E-state index in [9.17, 15) is 9.59 Å². The zero-order valence-electron chi connectivity index (χ0n) is 15.1. The molecule has 0 bridgehead atoms. The highest BCUT2D eigenvalue weighted by Crippen LogP contribution is 2.21. The molecule has 1 fully saturated rings. The molecular formula is C21H25N3O2. The molecule has 0 aromatic heterocycles. The van der Waals surface area contributed by atoms with E-state index in [0.717, 1.165) is 24.3 Å². The number of benzene rings is 2. The molecular weight excluding hydrogens is 326 g/mol. The Morgan fingerprint density at radius 2 is 1.62 bits per heavy atom. The highest BCUT2D eigenvalue weighted by molar-refractivity contribution is 6.39. The van der Waals surface area contributed by atoms with E-state index in [0.29, 0.717) is 12.2 Å². The van der Waals surface area contributed by atoms with Crippen LogP contribution < -0.4 is 10.2 Å². The smallest absolute Gasteiger partial charge is 0.313 e. The second-order valence-electron chi connectivity index (χ2n) is 6.70. The van der Waals surface area contributed by atoms with Gasteiger partial charge in [0.25, 0.3) is 0 Å². The van der Waals surface area contributed by atoms with E-state index < -0.39 is 11.8 Å². The van der Waals surface area contributed by atoms with Gasteiger partial charge in [-0.05, 0) is 49.1 Å². The van der Waals surface area contributed by atoms with Crippen LogP contribution in [0.5, 0.6) is 0 Å². The lowest BCUT2D eigenvalue weighted by molar-refractivity contribution is -0.142. The summed E-state index contributed by atoms with van der Waals surface area (Å²) in [5, 5.41) is 2.69. The average Bonchev–Trinajstić information content (AvgIpc) is 2.69. The van der Waals surface area contributed by atoms with Crippen LogP contribution in [-0.2, 0) is 16.1 Å². The summed E-state index contributed by atoms with van der Waals surface area (Å²) >= 11 is 0. The van der Waals surface area contributed by atoms with Crippen molar-refractivity contribution in [3.05, 3.63) is 60.2 Å². The molecule has 1 N–H and O–H groups in total. The van der Waals surface area contributed by atoms with Gasteiger partial charge in [-0.3, -0.25) is 9.59 Å². The Morgan fingerprint density at radius 3 is 2.27 bits per heavy atom. The second-order valence-corrected chi connectivity index (χ2v) is 6.70. The Kier molecular flexibility index (Phi) is 5.89. The summed E-state index contributed by atoms with van der Waals surface area (Å²) < 4.78 is 0. The molecule has 136 valence electrons. The molecule has 1 saturated heterocycles. The van der Waals surface area contributed by atoms with Crippen LogP contribution in [0.3, 0.4) is 0 Å².